The molecule has 0 spiro atoms. The normalized spacial score (nSPS) is 11.5. The van der Waals surface area contributed by atoms with Crippen molar-refractivity contribution < 1.29 is 22.7 Å². The number of carbonyl (C=O) groups is 1. The first-order valence-corrected chi connectivity index (χ1v) is 12.3. The summed E-state index contributed by atoms with van der Waals surface area (Å²) >= 11 is 0. The Morgan fingerprint density at radius 2 is 1.86 bits per heavy atom. The van der Waals surface area contributed by atoms with Crippen molar-refractivity contribution in [3.05, 3.63) is 95.7 Å². The fraction of sp³-hybridized carbons (Fsp3) is 0.111. The van der Waals surface area contributed by atoms with Gasteiger partial charge in [-0.3, -0.25) is 0 Å². The molecule has 0 fully saturated rings. The van der Waals surface area contributed by atoms with Crippen molar-refractivity contribution in [2.24, 2.45) is 0 Å². The highest BCUT2D eigenvalue weighted by Gasteiger charge is 2.21. The molecule has 1 aromatic heterocycles. The van der Waals surface area contributed by atoms with Crippen LogP contribution in [0.15, 0.2) is 83.9 Å². The van der Waals surface area contributed by atoms with Gasteiger partial charge in [-0.15, -0.1) is 0 Å². The zero-order valence-corrected chi connectivity index (χ0v) is 20.0. The number of hydrogen-bond donors (Lipinski definition) is 0. The van der Waals surface area contributed by atoms with Crippen molar-refractivity contribution >= 4 is 33.0 Å². The Morgan fingerprint density at radius 3 is 2.57 bits per heavy atom. The summed E-state index contributed by atoms with van der Waals surface area (Å²) in [4.78, 5) is 12.2. The van der Waals surface area contributed by atoms with Crippen LogP contribution in [0, 0.1) is 18.3 Å². The van der Waals surface area contributed by atoms with E-state index in [0.717, 1.165) is 5.56 Å². The lowest BCUT2D eigenvalue weighted by atomic mass is 10.1. The minimum atomic E-state index is -3.85. The average molecular weight is 487 g/mol. The molecule has 0 N–H and O–H groups in total. The number of aryl methyl sites for hydroxylation is 1. The minimum Gasteiger partial charge on any atom is -0.463 e. The molecule has 4 rings (SSSR count). The molecule has 0 aliphatic rings. The molecule has 0 saturated heterocycles. The Bertz CT molecular complexity index is 1580. The van der Waals surface area contributed by atoms with Gasteiger partial charge in [0.25, 0.3) is 10.0 Å². The molecular weight excluding hydrogens is 464 g/mol. The third-order valence-corrected chi connectivity index (χ3v) is 6.98. The number of benzene rings is 3. The number of aromatic nitrogens is 1. The highest BCUT2D eigenvalue weighted by molar-refractivity contribution is 7.90. The fourth-order valence-corrected chi connectivity index (χ4v) is 4.93. The van der Waals surface area contributed by atoms with Gasteiger partial charge in [-0.1, -0.05) is 23.8 Å². The van der Waals surface area contributed by atoms with Crippen LogP contribution < -0.4 is 4.74 Å². The van der Waals surface area contributed by atoms with Crippen LogP contribution in [0.4, 0.5) is 0 Å². The topological polar surface area (TPSA) is 98.4 Å². The summed E-state index contributed by atoms with van der Waals surface area (Å²) in [6.45, 7) is 3.82. The molecule has 1 heterocycles. The largest absolute Gasteiger partial charge is 0.463 e. The van der Waals surface area contributed by atoms with Gasteiger partial charge in [0.1, 0.15) is 11.5 Å². The van der Waals surface area contributed by atoms with Crippen molar-refractivity contribution in [3.63, 3.8) is 0 Å². The molecule has 7 nitrogen and oxygen atoms in total. The number of rotatable bonds is 7. The third kappa shape index (κ3) is 4.95. The quantitative estimate of drug-likeness (QED) is 0.255. The Morgan fingerprint density at radius 1 is 1.09 bits per heavy atom. The standard InChI is InChI=1S/C27H22N2O5S/c1-3-33-27(30)14-11-24-23-15-16-29(35(31,32)22-9-7-19(2)8-10-22)25(23)12-13-26(24)34-21-6-4-5-20(17-21)18-28/h4-17H,3H2,1-2H3/b14-11+. The van der Waals surface area contributed by atoms with Crippen LogP contribution in [0.2, 0.25) is 0 Å². The molecule has 0 aliphatic carbocycles. The maximum absolute atomic E-state index is 13.3. The second-order valence-electron chi connectivity index (χ2n) is 7.67. The molecule has 0 saturated carbocycles. The molecule has 0 bridgehead atoms. The summed E-state index contributed by atoms with van der Waals surface area (Å²) in [5.74, 6) is 0.285. The van der Waals surface area contributed by atoms with Crippen molar-refractivity contribution in [1.82, 2.24) is 3.97 Å². The first-order chi connectivity index (χ1) is 16.8. The number of carbonyl (C=O) groups excluding carboxylic acids is 1. The van der Waals surface area contributed by atoms with Crippen molar-refractivity contribution in [2.75, 3.05) is 6.61 Å². The van der Waals surface area contributed by atoms with Gasteiger partial charge < -0.3 is 9.47 Å². The first-order valence-electron chi connectivity index (χ1n) is 10.8. The fourth-order valence-electron chi connectivity index (χ4n) is 3.59. The molecule has 8 heteroatoms. The monoisotopic (exact) mass is 486 g/mol. The van der Waals surface area contributed by atoms with Gasteiger partial charge in [0, 0.05) is 23.2 Å². The summed E-state index contributed by atoms with van der Waals surface area (Å²) in [5, 5.41) is 9.75. The highest BCUT2D eigenvalue weighted by atomic mass is 32.2. The van der Waals surface area contributed by atoms with E-state index in [-0.39, 0.29) is 11.5 Å². The number of fused-ring (bicyclic) bond motifs is 1. The second-order valence-corrected chi connectivity index (χ2v) is 9.48. The molecule has 0 unspecified atom stereocenters. The van der Waals surface area contributed by atoms with Gasteiger partial charge in [-0.25, -0.2) is 17.2 Å². The molecule has 0 radical (unpaired) electrons. The van der Waals surface area contributed by atoms with E-state index >= 15 is 0 Å². The van der Waals surface area contributed by atoms with Gasteiger partial charge in [-0.05, 0) is 68.5 Å². The van der Waals surface area contributed by atoms with Crippen LogP contribution in [-0.2, 0) is 19.6 Å². The van der Waals surface area contributed by atoms with Crippen LogP contribution in [0.5, 0.6) is 11.5 Å². The summed E-state index contributed by atoms with van der Waals surface area (Å²) in [7, 11) is -3.85. The van der Waals surface area contributed by atoms with Crippen LogP contribution in [0.3, 0.4) is 0 Å². The van der Waals surface area contributed by atoms with Crippen LogP contribution in [0.1, 0.15) is 23.6 Å². The minimum absolute atomic E-state index is 0.165. The molecule has 35 heavy (non-hydrogen) atoms. The third-order valence-electron chi connectivity index (χ3n) is 5.28. The summed E-state index contributed by atoms with van der Waals surface area (Å²) in [6, 6.07) is 20.3. The average Bonchev–Trinajstić information content (AvgIpc) is 3.29. The van der Waals surface area contributed by atoms with E-state index in [1.54, 1.807) is 73.7 Å². The van der Waals surface area contributed by atoms with Gasteiger partial charge in [0.15, 0.2) is 0 Å². The molecule has 0 amide bonds. The summed E-state index contributed by atoms with van der Waals surface area (Å²) < 4.78 is 38.9. The zero-order valence-electron chi connectivity index (χ0n) is 19.1. The molecule has 4 aromatic rings. The lowest BCUT2D eigenvalue weighted by Crippen LogP contribution is -2.11. The second kappa shape index (κ2) is 9.87. The number of nitrogens with zero attached hydrogens (tertiary/aromatic N) is 2. The number of ether oxygens (including phenoxy) is 2. The summed E-state index contributed by atoms with van der Waals surface area (Å²) in [6.07, 6.45) is 4.27. The Balaban J connectivity index is 1.85. The van der Waals surface area contributed by atoms with Gasteiger partial charge >= 0.3 is 5.97 Å². The Hall–Kier alpha value is -4.35. The molecule has 0 atom stereocenters. The SMILES string of the molecule is CCOC(=O)/C=C/c1c(Oc2cccc(C#N)c2)ccc2c1ccn2S(=O)(=O)c1ccc(C)cc1. The maximum Gasteiger partial charge on any atom is 0.330 e. The lowest BCUT2D eigenvalue weighted by Gasteiger charge is -2.12. The smallest absolute Gasteiger partial charge is 0.330 e. The van der Waals surface area contributed by atoms with E-state index in [2.05, 4.69) is 6.07 Å². The van der Waals surface area contributed by atoms with Gasteiger partial charge in [0.2, 0.25) is 0 Å². The van der Waals surface area contributed by atoms with Crippen LogP contribution in [0.25, 0.3) is 17.0 Å². The maximum atomic E-state index is 13.3. The van der Waals surface area contributed by atoms with E-state index < -0.39 is 16.0 Å². The van der Waals surface area contributed by atoms with E-state index in [1.165, 1.54) is 22.3 Å². The molecule has 3 aromatic carbocycles. The van der Waals surface area contributed by atoms with E-state index in [1.807, 2.05) is 6.92 Å². The van der Waals surface area contributed by atoms with Crippen LogP contribution in [-0.4, -0.2) is 25.0 Å². The van der Waals surface area contributed by atoms with Gasteiger partial charge in [0.05, 0.1) is 28.7 Å². The number of hydrogen-bond acceptors (Lipinski definition) is 6. The Kier molecular flexibility index (Phi) is 6.71. The van der Waals surface area contributed by atoms with Crippen molar-refractivity contribution in [3.8, 4) is 17.6 Å². The highest BCUT2D eigenvalue weighted by Crippen LogP contribution is 2.35. The summed E-state index contributed by atoms with van der Waals surface area (Å²) in [5.41, 5.74) is 2.31. The van der Waals surface area contributed by atoms with Crippen molar-refractivity contribution in [2.45, 2.75) is 18.7 Å². The predicted octanol–water partition coefficient (Wildman–Crippen LogP) is 5.43. The first kappa shape index (κ1) is 23.8. The van der Waals surface area contributed by atoms with E-state index in [4.69, 9.17) is 9.47 Å². The van der Waals surface area contributed by atoms with Crippen molar-refractivity contribution in [1.29, 1.82) is 5.26 Å². The lowest BCUT2D eigenvalue weighted by molar-refractivity contribution is -0.137. The zero-order chi connectivity index (χ0) is 25.0. The van der Waals surface area contributed by atoms with E-state index in [9.17, 15) is 18.5 Å². The van der Waals surface area contributed by atoms with E-state index in [0.29, 0.717) is 33.5 Å². The molecule has 176 valence electrons. The predicted molar refractivity (Wildman–Crippen MR) is 133 cm³/mol. The van der Waals surface area contributed by atoms with Crippen LogP contribution >= 0.6 is 0 Å². The molecular formula is C27H22N2O5S. The van der Waals surface area contributed by atoms with Gasteiger partial charge in [-0.2, -0.15) is 5.26 Å². The number of nitriles is 1. The number of esters is 1. The molecule has 0 aliphatic heterocycles. The Labute approximate surface area is 203 Å².